The van der Waals surface area contributed by atoms with Crippen LogP contribution in [0.15, 0.2) is 40.3 Å². The number of aryl methyl sites for hydroxylation is 1. The highest BCUT2D eigenvalue weighted by atomic mass is 32.1. The summed E-state index contributed by atoms with van der Waals surface area (Å²) in [5.41, 5.74) is 2.23. The Bertz CT molecular complexity index is 1170. The average molecular weight is 455 g/mol. The Balaban J connectivity index is 1.37. The molecule has 3 heterocycles. The summed E-state index contributed by atoms with van der Waals surface area (Å²) in [6, 6.07) is 6.79. The number of ether oxygens (including phenoxy) is 1. The van der Waals surface area contributed by atoms with E-state index in [0.29, 0.717) is 52.2 Å². The van der Waals surface area contributed by atoms with Gasteiger partial charge in [-0.3, -0.25) is 19.7 Å². The lowest BCUT2D eigenvalue weighted by Crippen LogP contribution is -2.24. The summed E-state index contributed by atoms with van der Waals surface area (Å²) < 4.78 is 10.6. The van der Waals surface area contributed by atoms with Crippen molar-refractivity contribution in [3.63, 3.8) is 0 Å². The van der Waals surface area contributed by atoms with Crippen LogP contribution in [0.5, 0.6) is 5.75 Å². The van der Waals surface area contributed by atoms with E-state index in [4.69, 9.17) is 9.15 Å². The molecule has 0 spiro atoms. The van der Waals surface area contributed by atoms with E-state index in [1.165, 1.54) is 24.7 Å². The number of benzene rings is 1. The van der Waals surface area contributed by atoms with Crippen molar-refractivity contribution >= 4 is 45.6 Å². The highest BCUT2D eigenvalue weighted by Gasteiger charge is 2.24. The van der Waals surface area contributed by atoms with Crippen LogP contribution >= 0.6 is 11.3 Å². The van der Waals surface area contributed by atoms with Crippen molar-refractivity contribution in [3.05, 3.63) is 52.9 Å². The summed E-state index contributed by atoms with van der Waals surface area (Å²) in [6.45, 7) is 2.36. The molecule has 166 valence electrons. The van der Waals surface area contributed by atoms with Crippen molar-refractivity contribution in [2.24, 2.45) is 0 Å². The topological polar surface area (TPSA) is 114 Å². The van der Waals surface area contributed by atoms with Crippen LogP contribution in [0.4, 0.5) is 16.5 Å². The van der Waals surface area contributed by atoms with E-state index in [1.54, 1.807) is 41.5 Å². The third-order valence-corrected chi connectivity index (χ3v) is 5.85. The van der Waals surface area contributed by atoms with Gasteiger partial charge in [0.1, 0.15) is 11.5 Å². The minimum atomic E-state index is -0.315. The van der Waals surface area contributed by atoms with Crippen LogP contribution in [0.25, 0.3) is 0 Å². The molecule has 2 N–H and O–H groups in total. The summed E-state index contributed by atoms with van der Waals surface area (Å²) in [6.07, 6.45) is 2.84. The zero-order valence-corrected chi connectivity index (χ0v) is 18.5. The number of methoxy groups -OCH3 is 1. The number of nitrogens with zero attached hydrogens (tertiary/aromatic N) is 2. The highest BCUT2D eigenvalue weighted by molar-refractivity contribution is 7.14. The maximum absolute atomic E-state index is 12.5. The Labute approximate surface area is 188 Å². The predicted octanol–water partition coefficient (Wildman–Crippen LogP) is 3.61. The summed E-state index contributed by atoms with van der Waals surface area (Å²) in [5.74, 6) is 0.533. The Morgan fingerprint density at radius 2 is 2.12 bits per heavy atom. The molecule has 10 heteroatoms. The zero-order valence-electron chi connectivity index (χ0n) is 17.6. The number of anilines is 3. The minimum Gasteiger partial charge on any atom is -0.494 e. The van der Waals surface area contributed by atoms with Crippen LogP contribution in [0.2, 0.25) is 0 Å². The molecule has 1 aliphatic rings. The van der Waals surface area contributed by atoms with Crippen LogP contribution in [0.3, 0.4) is 0 Å². The molecule has 1 aliphatic heterocycles. The maximum atomic E-state index is 12.5. The number of nitrogens with one attached hydrogen (secondary N) is 2. The van der Waals surface area contributed by atoms with Gasteiger partial charge in [-0.15, -0.1) is 11.3 Å². The van der Waals surface area contributed by atoms with Gasteiger partial charge >= 0.3 is 0 Å². The molecule has 0 aliphatic carbocycles. The number of amides is 3. The SMILES string of the molecule is COc1cc(NC(=O)Cc2csc(NC(=O)c3ccoc3C)n2)ccc1N1CCCC1=O. The molecule has 3 amide bonds. The fourth-order valence-corrected chi connectivity index (χ4v) is 4.19. The van der Waals surface area contributed by atoms with Crippen LogP contribution in [-0.4, -0.2) is 36.4 Å². The van der Waals surface area contributed by atoms with E-state index in [-0.39, 0.29) is 24.1 Å². The van der Waals surface area contributed by atoms with Crippen molar-refractivity contribution < 1.29 is 23.5 Å². The molecule has 0 saturated carbocycles. The van der Waals surface area contributed by atoms with Crippen LogP contribution in [-0.2, 0) is 16.0 Å². The summed E-state index contributed by atoms with van der Waals surface area (Å²) in [7, 11) is 1.53. The van der Waals surface area contributed by atoms with Crippen molar-refractivity contribution in [3.8, 4) is 5.75 Å². The van der Waals surface area contributed by atoms with Gasteiger partial charge in [0.25, 0.3) is 5.91 Å². The molecule has 1 aromatic carbocycles. The maximum Gasteiger partial charge on any atom is 0.260 e. The lowest BCUT2D eigenvalue weighted by molar-refractivity contribution is -0.117. The second-order valence-electron chi connectivity index (χ2n) is 7.25. The Hall–Kier alpha value is -3.66. The van der Waals surface area contributed by atoms with Crippen LogP contribution in [0, 0.1) is 6.92 Å². The number of rotatable bonds is 7. The van der Waals surface area contributed by atoms with Gasteiger partial charge in [-0.1, -0.05) is 0 Å². The monoisotopic (exact) mass is 454 g/mol. The van der Waals surface area contributed by atoms with E-state index >= 15 is 0 Å². The first kappa shape index (κ1) is 21.6. The fraction of sp³-hybridized carbons (Fsp3) is 0.273. The first-order valence-electron chi connectivity index (χ1n) is 10.0. The minimum absolute atomic E-state index is 0.0474. The van der Waals surface area contributed by atoms with E-state index in [2.05, 4.69) is 15.6 Å². The number of carbonyl (C=O) groups excluding carboxylic acids is 3. The Morgan fingerprint density at radius 3 is 2.81 bits per heavy atom. The van der Waals surface area contributed by atoms with E-state index in [9.17, 15) is 14.4 Å². The number of furan rings is 1. The molecule has 0 bridgehead atoms. The van der Waals surface area contributed by atoms with E-state index < -0.39 is 0 Å². The zero-order chi connectivity index (χ0) is 22.7. The number of hydrogen-bond donors (Lipinski definition) is 2. The Kier molecular flexibility index (Phi) is 6.22. The Morgan fingerprint density at radius 1 is 1.28 bits per heavy atom. The standard InChI is InChI=1S/C22H22N4O5S/c1-13-16(7-9-31-13)21(29)25-22-24-15(12-32-22)11-19(27)23-14-5-6-17(18(10-14)30-2)26-8-3-4-20(26)28/h5-7,9-10,12H,3-4,8,11H2,1-2H3,(H,23,27)(H,24,25,29). The molecule has 0 atom stereocenters. The molecule has 3 aromatic rings. The molecular formula is C22H22N4O5S. The molecule has 0 radical (unpaired) electrons. The van der Waals surface area contributed by atoms with Crippen molar-refractivity contribution in [1.29, 1.82) is 0 Å². The van der Waals surface area contributed by atoms with Crippen molar-refractivity contribution in [2.75, 3.05) is 29.2 Å². The quantitative estimate of drug-likeness (QED) is 0.564. The lowest BCUT2D eigenvalue weighted by Gasteiger charge is -2.19. The number of aromatic nitrogens is 1. The second kappa shape index (κ2) is 9.23. The van der Waals surface area contributed by atoms with Gasteiger partial charge in [0.05, 0.1) is 36.7 Å². The number of hydrogen-bond acceptors (Lipinski definition) is 7. The summed E-state index contributed by atoms with van der Waals surface area (Å²) >= 11 is 1.24. The van der Waals surface area contributed by atoms with Gasteiger partial charge in [-0.25, -0.2) is 4.98 Å². The summed E-state index contributed by atoms with van der Waals surface area (Å²) in [4.78, 5) is 42.8. The van der Waals surface area contributed by atoms with Gasteiger partial charge in [-0.05, 0) is 31.5 Å². The first-order chi connectivity index (χ1) is 15.4. The molecular weight excluding hydrogens is 432 g/mol. The molecule has 2 aromatic heterocycles. The molecule has 4 rings (SSSR count). The number of carbonyl (C=O) groups is 3. The largest absolute Gasteiger partial charge is 0.494 e. The van der Waals surface area contributed by atoms with Crippen LogP contribution < -0.4 is 20.3 Å². The van der Waals surface area contributed by atoms with Gasteiger partial charge in [-0.2, -0.15) is 0 Å². The highest BCUT2D eigenvalue weighted by Crippen LogP contribution is 2.34. The van der Waals surface area contributed by atoms with Crippen molar-refractivity contribution in [1.82, 2.24) is 4.98 Å². The van der Waals surface area contributed by atoms with Gasteiger partial charge in [0.15, 0.2) is 5.13 Å². The van der Waals surface area contributed by atoms with Gasteiger partial charge in [0.2, 0.25) is 11.8 Å². The number of thiazole rings is 1. The smallest absolute Gasteiger partial charge is 0.260 e. The molecule has 1 fully saturated rings. The molecule has 32 heavy (non-hydrogen) atoms. The fourth-order valence-electron chi connectivity index (χ4n) is 3.48. The third kappa shape index (κ3) is 4.65. The summed E-state index contributed by atoms with van der Waals surface area (Å²) in [5, 5.41) is 7.65. The lowest BCUT2D eigenvalue weighted by atomic mass is 10.2. The normalized spacial score (nSPS) is 13.3. The van der Waals surface area contributed by atoms with Crippen LogP contribution in [0.1, 0.15) is 34.7 Å². The first-order valence-corrected chi connectivity index (χ1v) is 10.9. The molecule has 9 nitrogen and oxygen atoms in total. The molecule has 1 saturated heterocycles. The predicted molar refractivity (Wildman–Crippen MR) is 120 cm³/mol. The van der Waals surface area contributed by atoms with Gasteiger partial charge in [0, 0.05) is 30.1 Å². The molecule has 0 unspecified atom stereocenters. The van der Waals surface area contributed by atoms with E-state index in [1.807, 2.05) is 0 Å². The van der Waals surface area contributed by atoms with E-state index in [0.717, 1.165) is 6.42 Å². The van der Waals surface area contributed by atoms with Crippen molar-refractivity contribution in [2.45, 2.75) is 26.2 Å². The van der Waals surface area contributed by atoms with Gasteiger partial charge < -0.3 is 19.4 Å². The average Bonchev–Trinajstić information content (AvgIpc) is 3.49. The second-order valence-corrected chi connectivity index (χ2v) is 8.11. The third-order valence-electron chi connectivity index (χ3n) is 5.05.